The number of benzene rings is 10. The third-order valence-electron chi connectivity index (χ3n) is 11.5. The van der Waals surface area contributed by atoms with Gasteiger partial charge in [0, 0.05) is 16.2 Å². The van der Waals surface area contributed by atoms with E-state index in [1.54, 1.807) is 0 Å². The molecule has 0 amide bonds. The van der Waals surface area contributed by atoms with E-state index >= 15 is 0 Å². The normalized spacial score (nSPS) is 12.1. The van der Waals surface area contributed by atoms with Gasteiger partial charge in [0.1, 0.15) is 22.3 Å². The third kappa shape index (κ3) is 4.11. The Balaban J connectivity index is 1.06. The lowest BCUT2D eigenvalue weighted by Crippen LogP contribution is -1.91. The molecule has 0 N–H and O–H groups in total. The maximum atomic E-state index is 6.63. The van der Waals surface area contributed by atoms with E-state index in [0.717, 1.165) is 60.4 Å². The molecule has 12 aromatic rings. The summed E-state index contributed by atoms with van der Waals surface area (Å²) in [6.45, 7) is 0. The SMILES string of the molecule is c1ccc2c(-c3c4ccccc4c(-c4ccc(-c5cc6oc7ccc8c9ccccc9oc8c7c6c6ccccc56)cc4)c4ccccc34)cccc2c1. The highest BCUT2D eigenvalue weighted by molar-refractivity contribution is 6.29. The minimum Gasteiger partial charge on any atom is -0.456 e. The van der Waals surface area contributed by atoms with E-state index in [2.05, 4.69) is 170 Å². The lowest BCUT2D eigenvalue weighted by molar-refractivity contribution is 0.663. The lowest BCUT2D eigenvalue weighted by atomic mass is 9.84. The van der Waals surface area contributed by atoms with Crippen molar-refractivity contribution >= 4 is 87.0 Å². The van der Waals surface area contributed by atoms with Crippen LogP contribution in [0, 0.1) is 0 Å². The molecule has 0 aliphatic rings. The van der Waals surface area contributed by atoms with Crippen LogP contribution >= 0.6 is 0 Å². The van der Waals surface area contributed by atoms with E-state index in [0.29, 0.717) is 0 Å². The fourth-order valence-electron chi connectivity index (χ4n) is 9.13. The second-order valence-electron chi connectivity index (χ2n) is 14.3. The van der Waals surface area contributed by atoms with Crippen LogP contribution in [-0.4, -0.2) is 0 Å². The van der Waals surface area contributed by atoms with E-state index in [1.807, 2.05) is 12.1 Å². The molecule has 0 fully saturated rings. The van der Waals surface area contributed by atoms with Crippen molar-refractivity contribution in [3.63, 3.8) is 0 Å². The standard InChI is InChI=1S/C52H30O2/c1-2-14-34-31(12-1)13-11-22-37(34)49-41-20-7-5-18-39(41)48(40-19-6-8-21-42(40)49)33-26-24-32(25-27-33)44-30-47-50(38-17-4-3-15-35(38)44)51-46(53-47)29-28-43-36-16-9-10-23-45(36)54-52(43)51/h1-30H. The molecule has 0 spiro atoms. The molecule has 250 valence electrons. The first-order chi connectivity index (χ1) is 26.8. The van der Waals surface area contributed by atoms with Gasteiger partial charge in [-0.3, -0.25) is 0 Å². The quantitative estimate of drug-likeness (QED) is 0.173. The average Bonchev–Trinajstić information content (AvgIpc) is 3.81. The Labute approximate surface area is 310 Å². The highest BCUT2D eigenvalue weighted by Crippen LogP contribution is 2.47. The number of para-hydroxylation sites is 1. The fraction of sp³-hybridized carbons (Fsp3) is 0. The maximum Gasteiger partial charge on any atom is 0.147 e. The molecule has 2 nitrogen and oxygen atoms in total. The van der Waals surface area contributed by atoms with Crippen LogP contribution in [0.5, 0.6) is 0 Å². The molecule has 10 aromatic carbocycles. The van der Waals surface area contributed by atoms with Crippen molar-refractivity contribution < 1.29 is 8.83 Å². The Kier molecular flexibility index (Phi) is 6.09. The molecule has 0 aliphatic heterocycles. The number of furan rings is 2. The van der Waals surface area contributed by atoms with Gasteiger partial charge in [0.05, 0.1) is 5.39 Å². The van der Waals surface area contributed by atoms with E-state index in [9.17, 15) is 0 Å². The maximum absolute atomic E-state index is 6.63. The van der Waals surface area contributed by atoms with Gasteiger partial charge in [-0.1, -0.05) is 158 Å². The fourth-order valence-corrected chi connectivity index (χ4v) is 9.13. The van der Waals surface area contributed by atoms with Crippen molar-refractivity contribution in [2.24, 2.45) is 0 Å². The molecule has 0 radical (unpaired) electrons. The van der Waals surface area contributed by atoms with Crippen molar-refractivity contribution in [3.8, 4) is 33.4 Å². The summed E-state index contributed by atoms with van der Waals surface area (Å²) in [4.78, 5) is 0. The highest BCUT2D eigenvalue weighted by Gasteiger charge is 2.21. The molecule has 12 rings (SSSR count). The molecule has 2 heteroatoms. The van der Waals surface area contributed by atoms with Crippen molar-refractivity contribution in [2.45, 2.75) is 0 Å². The smallest absolute Gasteiger partial charge is 0.147 e. The average molecular weight is 687 g/mol. The first kappa shape index (κ1) is 29.4. The van der Waals surface area contributed by atoms with Gasteiger partial charge in [0.25, 0.3) is 0 Å². The van der Waals surface area contributed by atoms with Crippen LogP contribution in [0.4, 0.5) is 0 Å². The molecule has 54 heavy (non-hydrogen) atoms. The topological polar surface area (TPSA) is 26.3 Å². The van der Waals surface area contributed by atoms with Gasteiger partial charge in [-0.25, -0.2) is 0 Å². The number of hydrogen-bond donors (Lipinski definition) is 0. The molecule has 0 saturated heterocycles. The molecular weight excluding hydrogens is 657 g/mol. The van der Waals surface area contributed by atoms with Crippen LogP contribution in [0.3, 0.4) is 0 Å². The molecule has 0 bridgehead atoms. The largest absolute Gasteiger partial charge is 0.456 e. The molecule has 0 unspecified atom stereocenters. The monoisotopic (exact) mass is 686 g/mol. The second kappa shape index (κ2) is 11.2. The molecule has 0 saturated carbocycles. The molecule has 2 aromatic heterocycles. The molecule has 0 aliphatic carbocycles. The van der Waals surface area contributed by atoms with E-state index in [1.165, 1.54) is 60.0 Å². The zero-order valence-corrected chi connectivity index (χ0v) is 29.1. The molecule has 2 heterocycles. The number of rotatable bonds is 3. The van der Waals surface area contributed by atoms with Crippen LogP contribution in [0.1, 0.15) is 0 Å². The van der Waals surface area contributed by atoms with Gasteiger partial charge in [0.2, 0.25) is 0 Å². The summed E-state index contributed by atoms with van der Waals surface area (Å²) in [5.74, 6) is 0. The minimum absolute atomic E-state index is 0.833. The van der Waals surface area contributed by atoms with Gasteiger partial charge >= 0.3 is 0 Å². The van der Waals surface area contributed by atoms with E-state index < -0.39 is 0 Å². The van der Waals surface area contributed by atoms with E-state index in [-0.39, 0.29) is 0 Å². The van der Waals surface area contributed by atoms with Gasteiger partial charge in [-0.05, 0) is 101 Å². The summed E-state index contributed by atoms with van der Waals surface area (Å²) in [5.41, 5.74) is 10.7. The summed E-state index contributed by atoms with van der Waals surface area (Å²) < 4.78 is 13.1. The Hall–Kier alpha value is -7.16. The minimum atomic E-state index is 0.833. The van der Waals surface area contributed by atoms with Crippen LogP contribution in [-0.2, 0) is 0 Å². The predicted octanol–water partition coefficient (Wildman–Crippen LogP) is 15.1. The number of hydrogen-bond acceptors (Lipinski definition) is 2. The summed E-state index contributed by atoms with van der Waals surface area (Å²) in [5, 5.41) is 14.2. The predicted molar refractivity (Wildman–Crippen MR) is 227 cm³/mol. The van der Waals surface area contributed by atoms with Gasteiger partial charge in [-0.15, -0.1) is 0 Å². The summed E-state index contributed by atoms with van der Waals surface area (Å²) in [7, 11) is 0. The van der Waals surface area contributed by atoms with Gasteiger partial charge < -0.3 is 8.83 Å². The van der Waals surface area contributed by atoms with Gasteiger partial charge in [0.15, 0.2) is 0 Å². The first-order valence-electron chi connectivity index (χ1n) is 18.5. The number of fused-ring (bicyclic) bond motifs is 12. The Bertz CT molecular complexity index is 3430. The van der Waals surface area contributed by atoms with Crippen LogP contribution in [0.25, 0.3) is 120 Å². The van der Waals surface area contributed by atoms with Crippen molar-refractivity contribution in [1.82, 2.24) is 0 Å². The van der Waals surface area contributed by atoms with Crippen LogP contribution in [0.15, 0.2) is 191 Å². The van der Waals surface area contributed by atoms with E-state index in [4.69, 9.17) is 8.83 Å². The highest BCUT2D eigenvalue weighted by atomic mass is 16.3. The summed E-state index contributed by atoms with van der Waals surface area (Å²) in [6, 6.07) is 65.6. The zero-order chi connectivity index (χ0) is 35.3. The summed E-state index contributed by atoms with van der Waals surface area (Å²) in [6.07, 6.45) is 0. The summed E-state index contributed by atoms with van der Waals surface area (Å²) >= 11 is 0. The zero-order valence-electron chi connectivity index (χ0n) is 29.1. The Morgan fingerprint density at radius 2 is 0.852 bits per heavy atom. The first-order valence-corrected chi connectivity index (χ1v) is 18.5. The van der Waals surface area contributed by atoms with Crippen molar-refractivity contribution in [3.05, 3.63) is 182 Å². The molecule has 0 atom stereocenters. The van der Waals surface area contributed by atoms with Crippen LogP contribution in [0.2, 0.25) is 0 Å². The van der Waals surface area contributed by atoms with Gasteiger partial charge in [-0.2, -0.15) is 0 Å². The third-order valence-corrected chi connectivity index (χ3v) is 11.5. The lowest BCUT2D eigenvalue weighted by Gasteiger charge is -2.19. The van der Waals surface area contributed by atoms with Crippen LogP contribution < -0.4 is 0 Å². The molecular formula is C52H30O2. The van der Waals surface area contributed by atoms with Crippen molar-refractivity contribution in [2.75, 3.05) is 0 Å². The van der Waals surface area contributed by atoms with Crippen molar-refractivity contribution in [1.29, 1.82) is 0 Å². The second-order valence-corrected chi connectivity index (χ2v) is 14.3. The Morgan fingerprint density at radius 1 is 0.278 bits per heavy atom. The Morgan fingerprint density at radius 3 is 1.59 bits per heavy atom.